The van der Waals surface area contributed by atoms with Crippen molar-refractivity contribution in [1.82, 2.24) is 15.0 Å². The Balaban J connectivity index is 2.06. The van der Waals surface area contributed by atoms with E-state index >= 15 is 0 Å². The van der Waals surface area contributed by atoms with E-state index in [4.69, 9.17) is 5.11 Å². The third-order valence-electron chi connectivity index (χ3n) is 2.90. The highest BCUT2D eigenvalue weighted by atomic mass is 16.4. The molecule has 2 N–H and O–H groups in total. The van der Waals surface area contributed by atoms with Gasteiger partial charge in [0.25, 0.3) is 0 Å². The molecule has 0 fully saturated rings. The zero-order valence-corrected chi connectivity index (χ0v) is 11.6. The number of aliphatic carboxylic acids is 1. The van der Waals surface area contributed by atoms with Gasteiger partial charge in [-0.1, -0.05) is 24.3 Å². The quantitative estimate of drug-likeness (QED) is 0.843. The highest BCUT2D eigenvalue weighted by Crippen LogP contribution is 2.19. The Bertz CT molecular complexity index is 625. The number of carboxylic acids is 1. The molecule has 0 spiro atoms. The van der Waals surface area contributed by atoms with Gasteiger partial charge in [0.1, 0.15) is 0 Å². The van der Waals surface area contributed by atoms with Crippen molar-refractivity contribution in [2.45, 2.75) is 19.8 Å². The van der Waals surface area contributed by atoms with Gasteiger partial charge >= 0.3 is 5.97 Å². The molecule has 1 heterocycles. The summed E-state index contributed by atoms with van der Waals surface area (Å²) in [5, 5.41) is 19.1. The number of carbonyl (C=O) groups is 2. The summed E-state index contributed by atoms with van der Waals surface area (Å²) in [7, 11) is 0. The van der Waals surface area contributed by atoms with Crippen molar-refractivity contribution < 1.29 is 14.7 Å². The molecule has 21 heavy (non-hydrogen) atoms. The summed E-state index contributed by atoms with van der Waals surface area (Å²) in [6, 6.07) is 7.21. The molecule has 0 saturated heterocycles. The fraction of sp³-hybridized carbons (Fsp3) is 0.286. The van der Waals surface area contributed by atoms with Gasteiger partial charge < -0.3 is 10.4 Å². The Morgan fingerprint density at radius 2 is 2.10 bits per heavy atom. The Kier molecular flexibility index (Phi) is 4.65. The number of carboxylic acid groups (broad SMARTS) is 1. The van der Waals surface area contributed by atoms with Crippen molar-refractivity contribution in [2.24, 2.45) is 5.92 Å². The van der Waals surface area contributed by atoms with Crippen LogP contribution in [-0.4, -0.2) is 32.0 Å². The molecule has 0 aliphatic carbocycles. The van der Waals surface area contributed by atoms with Crippen molar-refractivity contribution in [1.29, 1.82) is 0 Å². The molecule has 1 unspecified atom stereocenters. The van der Waals surface area contributed by atoms with E-state index in [0.717, 1.165) is 0 Å². The zero-order chi connectivity index (χ0) is 15.2. The normalized spacial score (nSPS) is 11.9. The van der Waals surface area contributed by atoms with Gasteiger partial charge in [-0.25, -0.2) is 4.68 Å². The maximum Gasteiger partial charge on any atom is 0.303 e. The summed E-state index contributed by atoms with van der Waals surface area (Å²) in [4.78, 5) is 22.6. The van der Waals surface area contributed by atoms with E-state index < -0.39 is 5.97 Å². The Morgan fingerprint density at radius 3 is 2.76 bits per heavy atom. The van der Waals surface area contributed by atoms with Gasteiger partial charge in [-0.15, -0.1) is 5.10 Å². The van der Waals surface area contributed by atoms with E-state index in [0.29, 0.717) is 11.4 Å². The number of benzene rings is 1. The third kappa shape index (κ3) is 4.13. The van der Waals surface area contributed by atoms with Crippen molar-refractivity contribution in [3.05, 3.63) is 36.7 Å². The number of anilines is 1. The molecule has 7 heteroatoms. The van der Waals surface area contributed by atoms with Crippen LogP contribution in [0.1, 0.15) is 19.8 Å². The number of para-hydroxylation sites is 2. The topological polar surface area (TPSA) is 97.1 Å². The van der Waals surface area contributed by atoms with Crippen molar-refractivity contribution in [3.8, 4) is 5.69 Å². The SMILES string of the molecule is CC(CC(=O)O)CC(=O)Nc1ccccc1-n1ccnn1. The first-order chi connectivity index (χ1) is 10.1. The summed E-state index contributed by atoms with van der Waals surface area (Å²) < 4.78 is 1.55. The fourth-order valence-electron chi connectivity index (χ4n) is 2.00. The van der Waals surface area contributed by atoms with Crippen LogP contribution in [0.4, 0.5) is 5.69 Å². The van der Waals surface area contributed by atoms with Crippen LogP contribution in [0.15, 0.2) is 36.7 Å². The standard InChI is InChI=1S/C14H16N4O3/c1-10(9-14(20)21)8-13(19)16-11-4-2-3-5-12(11)18-7-6-15-17-18/h2-7,10H,8-9H2,1H3,(H,16,19)(H,20,21). The van der Waals surface area contributed by atoms with Gasteiger partial charge in [0.05, 0.1) is 23.8 Å². The number of nitrogens with zero attached hydrogens (tertiary/aromatic N) is 3. The molecular weight excluding hydrogens is 272 g/mol. The summed E-state index contributed by atoms with van der Waals surface area (Å²) >= 11 is 0. The van der Waals surface area contributed by atoms with Crippen LogP contribution in [0, 0.1) is 5.92 Å². The molecule has 7 nitrogen and oxygen atoms in total. The van der Waals surface area contributed by atoms with Crippen LogP contribution < -0.4 is 5.32 Å². The van der Waals surface area contributed by atoms with E-state index in [1.54, 1.807) is 36.1 Å². The van der Waals surface area contributed by atoms with Crippen LogP contribution >= 0.6 is 0 Å². The molecule has 2 aromatic rings. The van der Waals surface area contributed by atoms with Gasteiger partial charge in [0.15, 0.2) is 0 Å². The van der Waals surface area contributed by atoms with E-state index in [-0.39, 0.29) is 24.7 Å². The Morgan fingerprint density at radius 1 is 1.33 bits per heavy atom. The lowest BCUT2D eigenvalue weighted by atomic mass is 10.0. The predicted molar refractivity (Wildman–Crippen MR) is 76.0 cm³/mol. The smallest absolute Gasteiger partial charge is 0.303 e. The first-order valence-electron chi connectivity index (χ1n) is 6.53. The van der Waals surface area contributed by atoms with Gasteiger partial charge in [-0.05, 0) is 18.1 Å². The van der Waals surface area contributed by atoms with E-state index in [9.17, 15) is 9.59 Å². The lowest BCUT2D eigenvalue weighted by molar-refractivity contribution is -0.138. The van der Waals surface area contributed by atoms with Crippen molar-refractivity contribution in [3.63, 3.8) is 0 Å². The Labute approximate surface area is 121 Å². The molecule has 2 rings (SSSR count). The zero-order valence-electron chi connectivity index (χ0n) is 11.6. The number of hydrogen-bond donors (Lipinski definition) is 2. The third-order valence-corrected chi connectivity index (χ3v) is 2.90. The summed E-state index contributed by atoms with van der Waals surface area (Å²) in [6.45, 7) is 1.73. The number of rotatable bonds is 6. The molecule has 110 valence electrons. The molecule has 1 amide bonds. The van der Waals surface area contributed by atoms with E-state index in [2.05, 4.69) is 15.6 Å². The average molecular weight is 288 g/mol. The molecule has 0 aliphatic rings. The minimum absolute atomic E-state index is 0.0296. The maximum atomic E-state index is 12.0. The molecule has 0 aliphatic heterocycles. The maximum absolute atomic E-state index is 12.0. The van der Waals surface area contributed by atoms with Crippen LogP contribution in [0.5, 0.6) is 0 Å². The fourth-order valence-corrected chi connectivity index (χ4v) is 2.00. The first-order valence-corrected chi connectivity index (χ1v) is 6.53. The second-order valence-corrected chi connectivity index (χ2v) is 4.82. The molecule has 0 saturated carbocycles. The first kappa shape index (κ1) is 14.7. The molecule has 1 atom stereocenters. The van der Waals surface area contributed by atoms with E-state index in [1.807, 2.05) is 12.1 Å². The number of carbonyl (C=O) groups excluding carboxylic acids is 1. The van der Waals surface area contributed by atoms with Crippen LogP contribution in [0.25, 0.3) is 5.69 Å². The molecule has 0 bridgehead atoms. The van der Waals surface area contributed by atoms with Crippen LogP contribution in [0.3, 0.4) is 0 Å². The summed E-state index contributed by atoms with van der Waals surface area (Å²) in [5.74, 6) is -1.35. The second kappa shape index (κ2) is 6.65. The van der Waals surface area contributed by atoms with Crippen LogP contribution in [-0.2, 0) is 9.59 Å². The number of hydrogen-bond acceptors (Lipinski definition) is 4. The Hall–Kier alpha value is -2.70. The number of amides is 1. The predicted octanol–water partition coefficient (Wildman–Crippen LogP) is 1.71. The summed E-state index contributed by atoms with van der Waals surface area (Å²) in [5.41, 5.74) is 1.31. The lowest BCUT2D eigenvalue weighted by Crippen LogP contribution is -2.18. The molecule has 1 aromatic carbocycles. The number of nitrogens with one attached hydrogen (secondary N) is 1. The second-order valence-electron chi connectivity index (χ2n) is 4.82. The molecule has 0 radical (unpaired) electrons. The van der Waals surface area contributed by atoms with E-state index in [1.165, 1.54) is 0 Å². The van der Waals surface area contributed by atoms with Gasteiger partial charge in [-0.3, -0.25) is 9.59 Å². The minimum atomic E-state index is -0.904. The monoisotopic (exact) mass is 288 g/mol. The largest absolute Gasteiger partial charge is 0.481 e. The average Bonchev–Trinajstić information content (AvgIpc) is 2.91. The lowest BCUT2D eigenvalue weighted by Gasteiger charge is -2.12. The highest BCUT2D eigenvalue weighted by molar-refractivity contribution is 5.93. The number of aromatic nitrogens is 3. The molecular formula is C14H16N4O3. The summed E-state index contributed by atoms with van der Waals surface area (Å²) in [6.07, 6.45) is 3.35. The van der Waals surface area contributed by atoms with Gasteiger partial charge in [0, 0.05) is 12.8 Å². The van der Waals surface area contributed by atoms with Gasteiger partial charge in [0.2, 0.25) is 5.91 Å². The van der Waals surface area contributed by atoms with Crippen molar-refractivity contribution >= 4 is 17.6 Å². The minimum Gasteiger partial charge on any atom is -0.481 e. The molecule has 1 aromatic heterocycles. The van der Waals surface area contributed by atoms with Crippen LogP contribution in [0.2, 0.25) is 0 Å². The van der Waals surface area contributed by atoms with Gasteiger partial charge in [-0.2, -0.15) is 0 Å². The van der Waals surface area contributed by atoms with Crippen molar-refractivity contribution in [2.75, 3.05) is 5.32 Å². The highest BCUT2D eigenvalue weighted by Gasteiger charge is 2.14.